The molecule has 0 amide bonds. The number of halogens is 1. The van der Waals surface area contributed by atoms with E-state index >= 15 is 0 Å². The third kappa shape index (κ3) is 1.55. The van der Waals surface area contributed by atoms with Crippen LogP contribution in [0, 0.1) is 0 Å². The first-order valence-electron chi connectivity index (χ1n) is 4.16. The van der Waals surface area contributed by atoms with Crippen LogP contribution >= 0.6 is 11.6 Å². The van der Waals surface area contributed by atoms with Crippen molar-refractivity contribution in [3.8, 4) is 0 Å². The highest BCUT2D eigenvalue weighted by molar-refractivity contribution is 6.31. The second kappa shape index (κ2) is 3.40. The lowest BCUT2D eigenvalue weighted by molar-refractivity contribution is 0.278. The van der Waals surface area contributed by atoms with Gasteiger partial charge in [0.15, 0.2) is 0 Å². The van der Waals surface area contributed by atoms with Gasteiger partial charge in [-0.05, 0) is 24.3 Å². The molecule has 2 aromatic rings. The van der Waals surface area contributed by atoms with Crippen LogP contribution in [0.4, 0.5) is 0 Å². The quantitative estimate of drug-likeness (QED) is 0.782. The fourth-order valence-corrected chi connectivity index (χ4v) is 1.65. The summed E-state index contributed by atoms with van der Waals surface area (Å²) in [6.07, 6.45) is 1.96. The molecule has 2 nitrogen and oxygen atoms in total. The molecular formula is C10H10ClNO. The van der Waals surface area contributed by atoms with Gasteiger partial charge in [0.2, 0.25) is 0 Å². The van der Waals surface area contributed by atoms with Gasteiger partial charge in [-0.2, -0.15) is 0 Å². The molecule has 0 aliphatic carbocycles. The molecular weight excluding hydrogens is 186 g/mol. The number of aromatic nitrogens is 1. The maximum absolute atomic E-state index is 8.81. The summed E-state index contributed by atoms with van der Waals surface area (Å²) >= 11 is 5.85. The highest BCUT2D eigenvalue weighted by atomic mass is 35.5. The van der Waals surface area contributed by atoms with E-state index in [2.05, 4.69) is 0 Å². The molecule has 0 bridgehead atoms. The lowest BCUT2D eigenvalue weighted by atomic mass is 10.2. The summed E-state index contributed by atoms with van der Waals surface area (Å²) in [5.74, 6) is 0. The fourth-order valence-electron chi connectivity index (χ4n) is 1.47. The Balaban J connectivity index is 2.55. The maximum Gasteiger partial charge on any atom is 0.0610 e. The van der Waals surface area contributed by atoms with Crippen molar-refractivity contribution in [2.75, 3.05) is 6.61 Å². The van der Waals surface area contributed by atoms with Crippen LogP contribution in [0.15, 0.2) is 30.5 Å². The van der Waals surface area contributed by atoms with E-state index < -0.39 is 0 Å². The van der Waals surface area contributed by atoms with Crippen LogP contribution in [0.1, 0.15) is 0 Å². The number of benzene rings is 1. The number of rotatable bonds is 2. The number of hydrogen-bond donors (Lipinski definition) is 1. The minimum atomic E-state index is 0.159. The average molecular weight is 196 g/mol. The van der Waals surface area contributed by atoms with Crippen LogP contribution in [-0.4, -0.2) is 16.3 Å². The Kier molecular flexibility index (Phi) is 2.25. The predicted octanol–water partition coefficient (Wildman–Crippen LogP) is 2.29. The maximum atomic E-state index is 8.81. The predicted molar refractivity (Wildman–Crippen MR) is 54.0 cm³/mol. The zero-order valence-electron chi connectivity index (χ0n) is 7.07. The molecule has 1 aromatic heterocycles. The largest absolute Gasteiger partial charge is 0.395 e. The molecule has 0 atom stereocenters. The van der Waals surface area contributed by atoms with Crippen molar-refractivity contribution < 1.29 is 5.11 Å². The van der Waals surface area contributed by atoms with E-state index in [0.717, 1.165) is 15.9 Å². The summed E-state index contributed by atoms with van der Waals surface area (Å²) in [6.45, 7) is 0.789. The number of hydrogen-bond acceptors (Lipinski definition) is 1. The van der Waals surface area contributed by atoms with Gasteiger partial charge in [0, 0.05) is 28.7 Å². The summed E-state index contributed by atoms with van der Waals surface area (Å²) in [6, 6.07) is 7.74. The molecule has 1 heterocycles. The molecule has 0 saturated heterocycles. The van der Waals surface area contributed by atoms with Crippen LogP contribution in [0.3, 0.4) is 0 Å². The first kappa shape index (κ1) is 8.60. The third-order valence-electron chi connectivity index (χ3n) is 2.07. The smallest absolute Gasteiger partial charge is 0.0610 e. The SMILES string of the molecule is OCCn1ccc2cc(Cl)ccc21. The molecule has 0 radical (unpaired) electrons. The fraction of sp³-hybridized carbons (Fsp3) is 0.200. The lowest BCUT2D eigenvalue weighted by Gasteiger charge is -2.01. The summed E-state index contributed by atoms with van der Waals surface area (Å²) < 4.78 is 2.01. The van der Waals surface area contributed by atoms with E-state index in [9.17, 15) is 0 Å². The Morgan fingerprint density at radius 1 is 1.31 bits per heavy atom. The van der Waals surface area contributed by atoms with Gasteiger partial charge in [0.05, 0.1) is 6.61 Å². The van der Waals surface area contributed by atoms with E-state index in [4.69, 9.17) is 16.7 Å². The number of aliphatic hydroxyl groups excluding tert-OH is 1. The Hall–Kier alpha value is -0.990. The van der Waals surface area contributed by atoms with E-state index in [0.29, 0.717) is 6.54 Å². The molecule has 0 spiro atoms. The standard InChI is InChI=1S/C10H10ClNO/c11-9-1-2-10-8(7-9)3-4-12(10)5-6-13/h1-4,7,13H,5-6H2. The highest BCUT2D eigenvalue weighted by Crippen LogP contribution is 2.20. The van der Waals surface area contributed by atoms with Crippen molar-refractivity contribution in [2.24, 2.45) is 0 Å². The van der Waals surface area contributed by atoms with Crippen LogP contribution in [-0.2, 0) is 6.54 Å². The monoisotopic (exact) mass is 195 g/mol. The van der Waals surface area contributed by atoms with E-state index in [1.54, 1.807) is 0 Å². The Bertz CT molecular complexity index is 422. The van der Waals surface area contributed by atoms with Crippen molar-refractivity contribution in [3.63, 3.8) is 0 Å². The molecule has 68 valence electrons. The Morgan fingerprint density at radius 2 is 2.15 bits per heavy atom. The molecule has 1 N–H and O–H groups in total. The summed E-state index contributed by atoms with van der Waals surface area (Å²) in [4.78, 5) is 0. The average Bonchev–Trinajstić information content (AvgIpc) is 2.49. The van der Waals surface area contributed by atoms with E-state index in [-0.39, 0.29) is 6.61 Å². The van der Waals surface area contributed by atoms with Gasteiger partial charge in [0.25, 0.3) is 0 Å². The Labute approximate surface area is 81.4 Å². The lowest BCUT2D eigenvalue weighted by Crippen LogP contribution is -1.99. The van der Waals surface area contributed by atoms with Gasteiger partial charge in [0.1, 0.15) is 0 Å². The van der Waals surface area contributed by atoms with Crippen LogP contribution in [0.5, 0.6) is 0 Å². The van der Waals surface area contributed by atoms with Gasteiger partial charge in [-0.25, -0.2) is 0 Å². The van der Waals surface area contributed by atoms with Crippen molar-refractivity contribution in [3.05, 3.63) is 35.5 Å². The van der Waals surface area contributed by atoms with Gasteiger partial charge in [-0.3, -0.25) is 0 Å². The van der Waals surface area contributed by atoms with Crippen molar-refractivity contribution in [1.29, 1.82) is 0 Å². The molecule has 3 heteroatoms. The summed E-state index contributed by atoms with van der Waals surface area (Å²) in [7, 11) is 0. The van der Waals surface area contributed by atoms with Crippen molar-refractivity contribution in [2.45, 2.75) is 6.54 Å². The molecule has 0 aliphatic rings. The highest BCUT2D eigenvalue weighted by Gasteiger charge is 1.99. The zero-order chi connectivity index (χ0) is 9.26. The molecule has 13 heavy (non-hydrogen) atoms. The van der Waals surface area contributed by atoms with Crippen LogP contribution in [0.2, 0.25) is 5.02 Å². The summed E-state index contributed by atoms with van der Waals surface area (Å²) in [5, 5.41) is 10.7. The number of nitrogens with zero attached hydrogens (tertiary/aromatic N) is 1. The van der Waals surface area contributed by atoms with Gasteiger partial charge < -0.3 is 9.67 Å². The first-order chi connectivity index (χ1) is 6.31. The van der Waals surface area contributed by atoms with Crippen molar-refractivity contribution in [1.82, 2.24) is 4.57 Å². The number of aliphatic hydroxyl groups is 1. The van der Waals surface area contributed by atoms with Crippen LogP contribution < -0.4 is 0 Å². The van der Waals surface area contributed by atoms with Gasteiger partial charge >= 0.3 is 0 Å². The minimum absolute atomic E-state index is 0.159. The van der Waals surface area contributed by atoms with Gasteiger partial charge in [-0.1, -0.05) is 11.6 Å². The molecule has 0 unspecified atom stereocenters. The number of fused-ring (bicyclic) bond motifs is 1. The first-order valence-corrected chi connectivity index (χ1v) is 4.54. The molecule has 1 aromatic carbocycles. The second-order valence-corrected chi connectivity index (χ2v) is 3.37. The van der Waals surface area contributed by atoms with Crippen LogP contribution in [0.25, 0.3) is 10.9 Å². The van der Waals surface area contributed by atoms with Crippen molar-refractivity contribution >= 4 is 22.5 Å². The molecule has 0 fully saturated rings. The molecule has 0 aliphatic heterocycles. The Morgan fingerprint density at radius 3 is 2.92 bits per heavy atom. The normalized spacial score (nSPS) is 10.9. The zero-order valence-corrected chi connectivity index (χ0v) is 7.83. The minimum Gasteiger partial charge on any atom is -0.395 e. The third-order valence-corrected chi connectivity index (χ3v) is 2.31. The van der Waals surface area contributed by atoms with Gasteiger partial charge in [-0.15, -0.1) is 0 Å². The second-order valence-electron chi connectivity index (χ2n) is 2.94. The topological polar surface area (TPSA) is 25.2 Å². The molecule has 0 saturated carbocycles. The summed E-state index contributed by atoms with van der Waals surface area (Å²) in [5.41, 5.74) is 1.11. The van der Waals surface area contributed by atoms with E-state index in [1.807, 2.05) is 35.0 Å². The van der Waals surface area contributed by atoms with E-state index in [1.165, 1.54) is 0 Å². The molecule has 2 rings (SSSR count).